The normalized spacial score (nSPS) is 10.5. The summed E-state index contributed by atoms with van der Waals surface area (Å²) in [6.45, 7) is 6.20. The van der Waals surface area contributed by atoms with E-state index in [2.05, 4.69) is 0 Å². The van der Waals surface area contributed by atoms with Crippen LogP contribution in [0.3, 0.4) is 0 Å². The molecular weight excluding hydrogens is 242 g/mol. The van der Waals surface area contributed by atoms with Crippen LogP contribution in [0.2, 0.25) is 0 Å². The van der Waals surface area contributed by atoms with Crippen LogP contribution in [0.5, 0.6) is 0 Å². The molecule has 19 heavy (non-hydrogen) atoms. The Morgan fingerprint density at radius 3 is 2.47 bits per heavy atom. The van der Waals surface area contributed by atoms with Crippen LogP contribution in [0.1, 0.15) is 29.8 Å². The first kappa shape index (κ1) is 15.0. The molecule has 0 aliphatic heterocycles. The predicted octanol–water partition coefficient (Wildman–Crippen LogP) is 1.16. The molecule has 0 radical (unpaired) electrons. The van der Waals surface area contributed by atoms with E-state index in [1.165, 1.54) is 4.90 Å². The molecule has 0 aliphatic rings. The van der Waals surface area contributed by atoms with Crippen molar-refractivity contribution < 1.29 is 9.59 Å². The van der Waals surface area contributed by atoms with Gasteiger partial charge in [0.25, 0.3) is 5.91 Å². The number of anilines is 1. The summed E-state index contributed by atoms with van der Waals surface area (Å²) in [5.74, 6) is -0.475. The van der Waals surface area contributed by atoms with E-state index in [0.29, 0.717) is 17.8 Å². The first-order valence-electron chi connectivity index (χ1n) is 6.25. The average Bonchev–Trinajstić information content (AvgIpc) is 2.29. The molecular formula is C14H21N3O2. The highest BCUT2D eigenvalue weighted by atomic mass is 16.2. The van der Waals surface area contributed by atoms with E-state index in [1.807, 2.05) is 20.8 Å². The Morgan fingerprint density at radius 1 is 1.32 bits per heavy atom. The molecule has 0 bridgehead atoms. The lowest BCUT2D eigenvalue weighted by Gasteiger charge is -2.24. The van der Waals surface area contributed by atoms with Gasteiger partial charge in [0.1, 0.15) is 0 Å². The van der Waals surface area contributed by atoms with Crippen LogP contribution >= 0.6 is 0 Å². The topological polar surface area (TPSA) is 89.4 Å². The average molecular weight is 263 g/mol. The number of primary amides is 1. The molecule has 0 spiro atoms. The van der Waals surface area contributed by atoms with Gasteiger partial charge in [-0.3, -0.25) is 9.59 Å². The lowest BCUT2D eigenvalue weighted by molar-refractivity contribution is -0.118. The zero-order chi connectivity index (χ0) is 14.6. The highest BCUT2D eigenvalue weighted by molar-refractivity contribution is 5.98. The summed E-state index contributed by atoms with van der Waals surface area (Å²) in [6.07, 6.45) is 0. The van der Waals surface area contributed by atoms with E-state index in [-0.39, 0.29) is 18.4 Å². The number of carbonyl (C=O) groups is 2. The number of rotatable bonds is 5. The second-order valence-corrected chi connectivity index (χ2v) is 5.12. The van der Waals surface area contributed by atoms with Gasteiger partial charge >= 0.3 is 0 Å². The van der Waals surface area contributed by atoms with Gasteiger partial charge in [-0.05, 0) is 30.5 Å². The van der Waals surface area contributed by atoms with Crippen molar-refractivity contribution in [1.82, 2.24) is 4.90 Å². The summed E-state index contributed by atoms with van der Waals surface area (Å²) in [7, 11) is 0. The number of nitrogens with two attached hydrogens (primary N) is 2. The Hall–Kier alpha value is -2.04. The fourth-order valence-corrected chi connectivity index (χ4v) is 1.89. The van der Waals surface area contributed by atoms with Crippen molar-refractivity contribution >= 4 is 17.5 Å². The minimum absolute atomic E-state index is 0.0781. The van der Waals surface area contributed by atoms with Crippen molar-refractivity contribution in [2.45, 2.75) is 20.8 Å². The first-order valence-corrected chi connectivity index (χ1v) is 6.25. The lowest BCUT2D eigenvalue weighted by Crippen LogP contribution is -2.40. The third-order valence-electron chi connectivity index (χ3n) is 2.71. The molecule has 0 heterocycles. The number of carbonyl (C=O) groups excluding carboxylic acids is 2. The van der Waals surface area contributed by atoms with E-state index >= 15 is 0 Å². The molecule has 104 valence electrons. The summed E-state index contributed by atoms with van der Waals surface area (Å²) in [4.78, 5) is 25.0. The zero-order valence-electron chi connectivity index (χ0n) is 11.6. The summed E-state index contributed by atoms with van der Waals surface area (Å²) in [5, 5.41) is 0. The minimum Gasteiger partial charge on any atom is -0.399 e. The van der Waals surface area contributed by atoms with Gasteiger partial charge in [0.05, 0.1) is 6.54 Å². The summed E-state index contributed by atoms with van der Waals surface area (Å²) in [5.41, 5.74) is 12.8. The van der Waals surface area contributed by atoms with Gasteiger partial charge in [0, 0.05) is 17.8 Å². The number of nitrogen functional groups attached to an aromatic ring is 1. The molecule has 0 saturated carbocycles. The van der Waals surface area contributed by atoms with Gasteiger partial charge in [-0.15, -0.1) is 0 Å². The van der Waals surface area contributed by atoms with Crippen molar-refractivity contribution in [1.29, 1.82) is 0 Å². The first-order chi connectivity index (χ1) is 8.81. The maximum Gasteiger partial charge on any atom is 0.254 e. The smallest absolute Gasteiger partial charge is 0.254 e. The molecule has 0 atom stereocenters. The molecule has 0 unspecified atom stereocenters. The van der Waals surface area contributed by atoms with Crippen molar-refractivity contribution in [3.63, 3.8) is 0 Å². The van der Waals surface area contributed by atoms with Crippen LogP contribution in [0, 0.1) is 12.8 Å². The number of benzene rings is 1. The number of aryl methyl sites for hydroxylation is 1. The summed E-state index contributed by atoms with van der Waals surface area (Å²) < 4.78 is 0. The number of nitrogens with zero attached hydrogens (tertiary/aromatic N) is 1. The van der Waals surface area contributed by atoms with Crippen molar-refractivity contribution in [2.75, 3.05) is 18.8 Å². The molecule has 0 aliphatic carbocycles. The van der Waals surface area contributed by atoms with Gasteiger partial charge < -0.3 is 16.4 Å². The Bertz CT molecular complexity index is 484. The van der Waals surface area contributed by atoms with Gasteiger partial charge in [-0.25, -0.2) is 0 Å². The molecule has 4 N–H and O–H groups in total. The zero-order valence-corrected chi connectivity index (χ0v) is 11.6. The van der Waals surface area contributed by atoms with E-state index in [1.54, 1.807) is 18.2 Å². The molecule has 0 saturated heterocycles. The Kier molecular flexibility index (Phi) is 4.92. The molecule has 5 heteroatoms. The van der Waals surface area contributed by atoms with Gasteiger partial charge in [-0.1, -0.05) is 19.9 Å². The van der Waals surface area contributed by atoms with E-state index in [4.69, 9.17) is 11.5 Å². The largest absolute Gasteiger partial charge is 0.399 e. The second kappa shape index (κ2) is 6.22. The van der Waals surface area contributed by atoms with Crippen molar-refractivity contribution in [2.24, 2.45) is 11.7 Å². The molecule has 1 rings (SSSR count). The number of amides is 2. The Balaban J connectivity index is 3.03. The molecule has 2 amide bonds. The third kappa shape index (κ3) is 4.28. The Labute approximate surface area is 113 Å². The van der Waals surface area contributed by atoms with Gasteiger partial charge in [0.2, 0.25) is 5.91 Å². The highest BCUT2D eigenvalue weighted by Crippen LogP contribution is 2.16. The summed E-state index contributed by atoms with van der Waals surface area (Å²) >= 11 is 0. The maximum absolute atomic E-state index is 12.5. The maximum atomic E-state index is 12.5. The van der Waals surface area contributed by atoms with Crippen molar-refractivity contribution in [3.05, 3.63) is 29.3 Å². The lowest BCUT2D eigenvalue weighted by atomic mass is 10.1. The van der Waals surface area contributed by atoms with Crippen LogP contribution in [0.15, 0.2) is 18.2 Å². The number of hydrogen-bond donors (Lipinski definition) is 2. The van der Waals surface area contributed by atoms with Crippen LogP contribution < -0.4 is 11.5 Å². The van der Waals surface area contributed by atoms with E-state index < -0.39 is 5.91 Å². The quantitative estimate of drug-likeness (QED) is 0.781. The standard InChI is InChI=1S/C14H21N3O2/c1-9(2)7-17(8-13(16)18)14(19)12-6-11(15)5-4-10(12)3/h4-6,9H,7-8,15H2,1-3H3,(H2,16,18). The van der Waals surface area contributed by atoms with Crippen LogP contribution in [-0.2, 0) is 4.79 Å². The van der Waals surface area contributed by atoms with Crippen LogP contribution in [0.4, 0.5) is 5.69 Å². The number of hydrogen-bond acceptors (Lipinski definition) is 3. The third-order valence-corrected chi connectivity index (χ3v) is 2.71. The molecule has 5 nitrogen and oxygen atoms in total. The van der Waals surface area contributed by atoms with Crippen molar-refractivity contribution in [3.8, 4) is 0 Å². The van der Waals surface area contributed by atoms with Crippen LogP contribution in [0.25, 0.3) is 0 Å². The fraction of sp³-hybridized carbons (Fsp3) is 0.429. The summed E-state index contributed by atoms with van der Waals surface area (Å²) in [6, 6.07) is 5.17. The van der Waals surface area contributed by atoms with E-state index in [0.717, 1.165) is 5.56 Å². The van der Waals surface area contributed by atoms with Gasteiger partial charge in [0.15, 0.2) is 0 Å². The molecule has 0 fully saturated rings. The molecule has 1 aromatic rings. The van der Waals surface area contributed by atoms with Gasteiger partial charge in [-0.2, -0.15) is 0 Å². The predicted molar refractivity (Wildman–Crippen MR) is 75.5 cm³/mol. The molecule has 1 aromatic carbocycles. The highest BCUT2D eigenvalue weighted by Gasteiger charge is 2.20. The SMILES string of the molecule is Cc1ccc(N)cc1C(=O)N(CC(N)=O)CC(C)C. The molecule has 0 aromatic heterocycles. The van der Waals surface area contributed by atoms with Crippen LogP contribution in [-0.4, -0.2) is 29.8 Å². The monoisotopic (exact) mass is 263 g/mol. The minimum atomic E-state index is -0.518. The fourth-order valence-electron chi connectivity index (χ4n) is 1.89. The Morgan fingerprint density at radius 2 is 1.95 bits per heavy atom. The van der Waals surface area contributed by atoms with E-state index in [9.17, 15) is 9.59 Å². The second-order valence-electron chi connectivity index (χ2n) is 5.12.